The van der Waals surface area contributed by atoms with Crippen molar-refractivity contribution in [3.8, 4) is 5.75 Å². The first-order valence-corrected chi connectivity index (χ1v) is 6.28. The van der Waals surface area contributed by atoms with Crippen molar-refractivity contribution in [2.45, 2.75) is 52.3 Å². The predicted octanol–water partition coefficient (Wildman–Crippen LogP) is 2.64. The zero-order valence-electron chi connectivity index (χ0n) is 12.3. The molecule has 0 spiro atoms. The number of benzene rings is 1. The summed E-state index contributed by atoms with van der Waals surface area (Å²) >= 11 is 0. The minimum absolute atomic E-state index is 0.373. The van der Waals surface area contributed by atoms with Gasteiger partial charge in [-0.2, -0.15) is 0 Å². The maximum atomic E-state index is 10.1. The van der Waals surface area contributed by atoms with Crippen molar-refractivity contribution in [2.24, 2.45) is 0 Å². The van der Waals surface area contributed by atoms with E-state index in [1.54, 1.807) is 7.11 Å². The lowest BCUT2D eigenvalue weighted by Crippen LogP contribution is -2.55. The number of hydrogen-bond acceptors (Lipinski definition) is 3. The van der Waals surface area contributed by atoms with Crippen molar-refractivity contribution in [3.05, 3.63) is 29.3 Å². The smallest absolute Gasteiger partial charge is 0.123 e. The van der Waals surface area contributed by atoms with E-state index in [9.17, 15) is 5.11 Å². The minimum atomic E-state index is -0.788. The SMILES string of the molecule is COc1ccc(C)cc1CNC(C)(C)C(C)(C)O. The highest BCUT2D eigenvalue weighted by Crippen LogP contribution is 2.24. The Balaban J connectivity index is 2.83. The van der Waals surface area contributed by atoms with E-state index < -0.39 is 5.60 Å². The van der Waals surface area contributed by atoms with Crippen molar-refractivity contribution in [1.82, 2.24) is 5.32 Å². The van der Waals surface area contributed by atoms with Crippen LogP contribution in [-0.4, -0.2) is 23.4 Å². The van der Waals surface area contributed by atoms with Gasteiger partial charge in [0.05, 0.1) is 12.7 Å². The van der Waals surface area contributed by atoms with Crippen LogP contribution in [0.2, 0.25) is 0 Å². The maximum Gasteiger partial charge on any atom is 0.123 e. The van der Waals surface area contributed by atoms with Crippen LogP contribution in [0.15, 0.2) is 18.2 Å². The van der Waals surface area contributed by atoms with E-state index in [-0.39, 0.29) is 5.54 Å². The van der Waals surface area contributed by atoms with Crippen LogP contribution in [-0.2, 0) is 6.54 Å². The third kappa shape index (κ3) is 3.47. The molecule has 0 aliphatic rings. The zero-order valence-corrected chi connectivity index (χ0v) is 12.3. The van der Waals surface area contributed by atoms with E-state index in [1.165, 1.54) is 5.56 Å². The molecule has 0 fully saturated rings. The lowest BCUT2D eigenvalue weighted by Gasteiger charge is -2.38. The molecule has 3 heteroatoms. The summed E-state index contributed by atoms with van der Waals surface area (Å²) in [6.07, 6.45) is 0. The fraction of sp³-hybridized carbons (Fsp3) is 0.600. The second-order valence-corrected chi connectivity index (χ2v) is 5.85. The van der Waals surface area contributed by atoms with E-state index in [0.717, 1.165) is 11.3 Å². The molecule has 0 aliphatic carbocycles. The Morgan fingerprint density at radius 1 is 1.22 bits per heavy atom. The Morgan fingerprint density at radius 3 is 2.33 bits per heavy atom. The number of rotatable bonds is 5. The van der Waals surface area contributed by atoms with Crippen molar-refractivity contribution < 1.29 is 9.84 Å². The Morgan fingerprint density at radius 2 is 1.83 bits per heavy atom. The van der Waals surface area contributed by atoms with Gasteiger partial charge in [0.15, 0.2) is 0 Å². The van der Waals surface area contributed by atoms with E-state index in [0.29, 0.717) is 6.54 Å². The number of methoxy groups -OCH3 is 1. The van der Waals surface area contributed by atoms with Gasteiger partial charge in [0.25, 0.3) is 0 Å². The molecule has 102 valence electrons. The highest BCUT2D eigenvalue weighted by molar-refractivity contribution is 5.36. The van der Waals surface area contributed by atoms with Crippen LogP contribution in [0, 0.1) is 6.92 Å². The number of hydrogen-bond donors (Lipinski definition) is 2. The molecule has 18 heavy (non-hydrogen) atoms. The van der Waals surface area contributed by atoms with E-state index in [2.05, 4.69) is 18.3 Å². The first-order chi connectivity index (χ1) is 8.17. The number of aryl methyl sites for hydroxylation is 1. The van der Waals surface area contributed by atoms with Crippen LogP contribution in [0.4, 0.5) is 0 Å². The van der Waals surface area contributed by atoms with Crippen LogP contribution >= 0.6 is 0 Å². The average Bonchev–Trinajstić information content (AvgIpc) is 2.25. The molecule has 0 atom stereocenters. The Kier molecular flexibility index (Phi) is 4.41. The summed E-state index contributed by atoms with van der Waals surface area (Å²) in [5.41, 5.74) is 1.15. The zero-order chi connectivity index (χ0) is 14.0. The van der Waals surface area contributed by atoms with Gasteiger partial charge in [0.1, 0.15) is 5.75 Å². The quantitative estimate of drug-likeness (QED) is 0.845. The lowest BCUT2D eigenvalue weighted by atomic mass is 9.86. The molecule has 1 aromatic carbocycles. The molecule has 0 saturated heterocycles. The molecule has 1 rings (SSSR count). The van der Waals surface area contributed by atoms with Crippen molar-refractivity contribution in [2.75, 3.05) is 7.11 Å². The molecule has 2 N–H and O–H groups in total. The molecule has 0 heterocycles. The maximum absolute atomic E-state index is 10.1. The molecule has 0 unspecified atom stereocenters. The monoisotopic (exact) mass is 251 g/mol. The predicted molar refractivity (Wildman–Crippen MR) is 74.9 cm³/mol. The van der Waals surface area contributed by atoms with Crippen molar-refractivity contribution >= 4 is 0 Å². The summed E-state index contributed by atoms with van der Waals surface area (Å²) in [6, 6.07) is 6.11. The van der Waals surface area contributed by atoms with Crippen LogP contribution in [0.3, 0.4) is 0 Å². The molecule has 0 radical (unpaired) electrons. The molecule has 3 nitrogen and oxygen atoms in total. The summed E-state index contributed by atoms with van der Waals surface area (Å²) in [6.45, 7) is 10.3. The van der Waals surface area contributed by atoms with Crippen LogP contribution in [0.5, 0.6) is 5.75 Å². The molecule has 0 aliphatic heterocycles. The summed E-state index contributed by atoms with van der Waals surface area (Å²) in [4.78, 5) is 0. The highest BCUT2D eigenvalue weighted by Gasteiger charge is 2.34. The molecule has 0 bridgehead atoms. The summed E-state index contributed by atoms with van der Waals surface area (Å²) in [5.74, 6) is 0.875. The largest absolute Gasteiger partial charge is 0.496 e. The Bertz CT molecular complexity index is 405. The van der Waals surface area contributed by atoms with Gasteiger partial charge in [-0.15, -0.1) is 0 Å². The van der Waals surface area contributed by atoms with Crippen molar-refractivity contribution in [1.29, 1.82) is 0 Å². The summed E-state index contributed by atoms with van der Waals surface area (Å²) in [5, 5.41) is 13.5. The van der Waals surface area contributed by atoms with Gasteiger partial charge in [-0.1, -0.05) is 17.7 Å². The first-order valence-electron chi connectivity index (χ1n) is 6.28. The van der Waals surface area contributed by atoms with Gasteiger partial charge in [-0.05, 0) is 40.7 Å². The van der Waals surface area contributed by atoms with Crippen LogP contribution in [0.25, 0.3) is 0 Å². The van der Waals surface area contributed by atoms with E-state index >= 15 is 0 Å². The number of nitrogens with one attached hydrogen (secondary N) is 1. The molecule has 1 aromatic rings. The van der Waals surface area contributed by atoms with Gasteiger partial charge in [-0.3, -0.25) is 0 Å². The summed E-state index contributed by atoms with van der Waals surface area (Å²) < 4.78 is 5.35. The van der Waals surface area contributed by atoms with Gasteiger partial charge in [-0.25, -0.2) is 0 Å². The Hall–Kier alpha value is -1.06. The van der Waals surface area contributed by atoms with Crippen LogP contribution in [0.1, 0.15) is 38.8 Å². The van der Waals surface area contributed by atoms with Crippen LogP contribution < -0.4 is 10.1 Å². The van der Waals surface area contributed by atoms with Gasteiger partial charge in [0, 0.05) is 17.6 Å². The van der Waals surface area contributed by atoms with Crippen molar-refractivity contribution in [3.63, 3.8) is 0 Å². The average molecular weight is 251 g/mol. The fourth-order valence-electron chi connectivity index (χ4n) is 1.58. The normalized spacial score (nSPS) is 12.6. The fourth-order valence-corrected chi connectivity index (χ4v) is 1.58. The molecular formula is C15H25NO2. The Labute approximate surface area is 110 Å². The second-order valence-electron chi connectivity index (χ2n) is 5.85. The first kappa shape index (κ1) is 15.0. The van der Waals surface area contributed by atoms with Gasteiger partial charge in [0.2, 0.25) is 0 Å². The summed E-state index contributed by atoms with van der Waals surface area (Å²) in [7, 11) is 1.68. The third-order valence-corrected chi connectivity index (χ3v) is 3.69. The highest BCUT2D eigenvalue weighted by atomic mass is 16.5. The lowest BCUT2D eigenvalue weighted by molar-refractivity contribution is -0.00539. The molecule has 0 saturated carbocycles. The van der Waals surface area contributed by atoms with Gasteiger partial charge < -0.3 is 15.2 Å². The standard InChI is InChI=1S/C15H25NO2/c1-11-7-8-13(18-6)12(9-11)10-16-14(2,3)15(4,5)17/h7-9,16-17H,10H2,1-6H3. The third-order valence-electron chi connectivity index (χ3n) is 3.69. The number of ether oxygens (including phenoxy) is 1. The minimum Gasteiger partial charge on any atom is -0.496 e. The van der Waals surface area contributed by atoms with Gasteiger partial charge >= 0.3 is 0 Å². The van der Waals surface area contributed by atoms with E-state index in [4.69, 9.17) is 4.74 Å². The second kappa shape index (κ2) is 5.29. The van der Waals surface area contributed by atoms with E-state index in [1.807, 2.05) is 39.8 Å². The molecule has 0 amide bonds. The number of aliphatic hydroxyl groups is 1. The molecular weight excluding hydrogens is 226 g/mol. The topological polar surface area (TPSA) is 41.5 Å². The molecule has 0 aromatic heterocycles.